The second-order valence-electron chi connectivity index (χ2n) is 5.40. The van der Waals surface area contributed by atoms with Crippen LogP contribution < -0.4 is 10.6 Å². The zero-order valence-corrected chi connectivity index (χ0v) is 15.6. The third-order valence-corrected chi connectivity index (χ3v) is 3.97. The highest BCUT2D eigenvalue weighted by molar-refractivity contribution is 6.35. The molecule has 0 saturated carbocycles. The van der Waals surface area contributed by atoms with Gasteiger partial charge in [-0.25, -0.2) is 0 Å². The van der Waals surface area contributed by atoms with Gasteiger partial charge in [-0.3, -0.25) is 14.5 Å². The van der Waals surface area contributed by atoms with Crippen LogP contribution in [0.2, 0.25) is 15.1 Å². The topological polar surface area (TPSA) is 61.4 Å². The molecule has 0 heterocycles. The lowest BCUT2D eigenvalue weighted by Crippen LogP contribution is -2.36. The zero-order chi connectivity index (χ0) is 18.4. The first-order valence-electron chi connectivity index (χ1n) is 7.32. The van der Waals surface area contributed by atoms with Crippen molar-refractivity contribution in [2.24, 2.45) is 0 Å². The van der Waals surface area contributed by atoms with Crippen LogP contribution in [0.1, 0.15) is 0 Å². The third-order valence-electron chi connectivity index (χ3n) is 3.16. The summed E-state index contributed by atoms with van der Waals surface area (Å²) in [6.07, 6.45) is 0. The molecule has 132 valence electrons. The van der Waals surface area contributed by atoms with Gasteiger partial charge in [-0.2, -0.15) is 0 Å². The monoisotopic (exact) mass is 399 g/mol. The Morgan fingerprint density at radius 1 is 0.880 bits per heavy atom. The van der Waals surface area contributed by atoms with Crippen molar-refractivity contribution in [2.75, 3.05) is 30.8 Å². The molecule has 2 N–H and O–H groups in total. The summed E-state index contributed by atoms with van der Waals surface area (Å²) in [5.41, 5.74) is 1.07. The minimum atomic E-state index is -0.300. The SMILES string of the molecule is CN(CC(=O)Nc1ccc(Cl)cc1)CC(=O)Nc1cc(Cl)ccc1Cl. The Morgan fingerprint density at radius 3 is 2.08 bits per heavy atom. The number of nitrogens with one attached hydrogen (secondary N) is 2. The molecule has 0 atom stereocenters. The molecular weight excluding hydrogens is 385 g/mol. The fraction of sp³-hybridized carbons (Fsp3) is 0.176. The first-order chi connectivity index (χ1) is 11.8. The number of rotatable bonds is 6. The average molecular weight is 401 g/mol. The van der Waals surface area contributed by atoms with Gasteiger partial charge in [0.15, 0.2) is 0 Å². The van der Waals surface area contributed by atoms with E-state index in [0.29, 0.717) is 26.4 Å². The first-order valence-corrected chi connectivity index (χ1v) is 8.46. The van der Waals surface area contributed by atoms with E-state index in [-0.39, 0.29) is 24.9 Å². The molecule has 8 heteroatoms. The summed E-state index contributed by atoms with van der Waals surface area (Å²) in [5, 5.41) is 6.84. The molecule has 0 aliphatic rings. The van der Waals surface area contributed by atoms with Gasteiger partial charge in [0.2, 0.25) is 11.8 Å². The van der Waals surface area contributed by atoms with Crippen LogP contribution in [-0.2, 0) is 9.59 Å². The van der Waals surface area contributed by atoms with Crippen LogP contribution in [0.25, 0.3) is 0 Å². The molecule has 0 unspecified atom stereocenters. The van der Waals surface area contributed by atoms with E-state index in [1.165, 1.54) is 0 Å². The molecule has 2 rings (SSSR count). The highest BCUT2D eigenvalue weighted by Crippen LogP contribution is 2.25. The van der Waals surface area contributed by atoms with Crippen LogP contribution in [0.15, 0.2) is 42.5 Å². The molecule has 0 saturated heterocycles. The number of hydrogen-bond donors (Lipinski definition) is 2. The number of likely N-dealkylation sites (N-methyl/N-ethyl adjacent to an activating group) is 1. The molecule has 5 nitrogen and oxygen atoms in total. The van der Waals surface area contributed by atoms with Crippen molar-refractivity contribution in [3.8, 4) is 0 Å². The normalized spacial score (nSPS) is 10.6. The van der Waals surface area contributed by atoms with Crippen molar-refractivity contribution in [3.63, 3.8) is 0 Å². The van der Waals surface area contributed by atoms with Crippen molar-refractivity contribution >= 4 is 58.0 Å². The minimum Gasteiger partial charge on any atom is -0.325 e. The van der Waals surface area contributed by atoms with E-state index in [1.54, 1.807) is 54.4 Å². The lowest BCUT2D eigenvalue weighted by atomic mass is 10.3. The van der Waals surface area contributed by atoms with Gasteiger partial charge in [0.05, 0.1) is 23.8 Å². The van der Waals surface area contributed by atoms with Gasteiger partial charge in [-0.15, -0.1) is 0 Å². The van der Waals surface area contributed by atoms with E-state index in [1.807, 2.05) is 0 Å². The van der Waals surface area contributed by atoms with E-state index in [2.05, 4.69) is 10.6 Å². The molecule has 0 aromatic heterocycles. The number of carbonyl (C=O) groups is 2. The van der Waals surface area contributed by atoms with Crippen LogP contribution in [0, 0.1) is 0 Å². The predicted molar refractivity (Wildman–Crippen MR) is 103 cm³/mol. The second-order valence-corrected chi connectivity index (χ2v) is 6.68. The largest absolute Gasteiger partial charge is 0.325 e. The van der Waals surface area contributed by atoms with E-state index in [0.717, 1.165) is 0 Å². The molecule has 0 aliphatic carbocycles. The Morgan fingerprint density at radius 2 is 1.44 bits per heavy atom. The molecule has 0 radical (unpaired) electrons. The third kappa shape index (κ3) is 6.55. The van der Waals surface area contributed by atoms with Crippen molar-refractivity contribution in [2.45, 2.75) is 0 Å². The summed E-state index contributed by atoms with van der Waals surface area (Å²) in [4.78, 5) is 25.6. The van der Waals surface area contributed by atoms with E-state index >= 15 is 0 Å². The first kappa shape index (κ1) is 19.5. The zero-order valence-electron chi connectivity index (χ0n) is 13.4. The predicted octanol–water partition coefficient (Wildman–Crippen LogP) is 4.16. The number of carbonyl (C=O) groups excluding carboxylic acids is 2. The Labute approximate surface area is 160 Å². The Kier molecular flexibility index (Phi) is 7.08. The summed E-state index contributed by atoms with van der Waals surface area (Å²) in [6.45, 7) is 0.0796. The van der Waals surface area contributed by atoms with Gasteiger partial charge in [-0.1, -0.05) is 34.8 Å². The van der Waals surface area contributed by atoms with Crippen LogP contribution in [0.5, 0.6) is 0 Å². The number of amides is 2. The standard InChI is InChI=1S/C17H16Cl3N3O2/c1-23(9-16(24)21-13-5-2-11(18)3-6-13)10-17(25)22-15-8-12(19)4-7-14(15)20/h2-8H,9-10H2,1H3,(H,21,24)(H,22,25). The summed E-state index contributed by atoms with van der Waals surface area (Å²) in [5.74, 6) is -0.538. The maximum absolute atomic E-state index is 12.1. The molecule has 2 amide bonds. The van der Waals surface area contributed by atoms with Gasteiger partial charge in [0.1, 0.15) is 0 Å². The maximum Gasteiger partial charge on any atom is 0.238 e. The number of nitrogens with zero attached hydrogens (tertiary/aromatic N) is 1. The van der Waals surface area contributed by atoms with Gasteiger partial charge in [0, 0.05) is 15.7 Å². The van der Waals surface area contributed by atoms with Crippen molar-refractivity contribution in [3.05, 3.63) is 57.5 Å². The average Bonchev–Trinajstić information content (AvgIpc) is 2.52. The lowest BCUT2D eigenvalue weighted by molar-refractivity contribution is -0.119. The van der Waals surface area contributed by atoms with Crippen LogP contribution in [0.3, 0.4) is 0 Å². The highest BCUT2D eigenvalue weighted by Gasteiger charge is 2.12. The molecule has 0 spiro atoms. The van der Waals surface area contributed by atoms with Gasteiger partial charge >= 0.3 is 0 Å². The molecular formula is C17H16Cl3N3O2. The Balaban J connectivity index is 1.83. The number of hydrogen-bond acceptors (Lipinski definition) is 3. The van der Waals surface area contributed by atoms with Crippen LogP contribution in [0.4, 0.5) is 11.4 Å². The van der Waals surface area contributed by atoms with Crippen molar-refractivity contribution in [1.82, 2.24) is 4.90 Å². The molecule has 2 aromatic carbocycles. The maximum atomic E-state index is 12.1. The number of halogens is 3. The summed E-state index contributed by atoms with van der Waals surface area (Å²) < 4.78 is 0. The van der Waals surface area contributed by atoms with Crippen molar-refractivity contribution < 1.29 is 9.59 Å². The molecule has 0 bridgehead atoms. The van der Waals surface area contributed by atoms with Crippen LogP contribution >= 0.6 is 34.8 Å². The smallest absolute Gasteiger partial charge is 0.238 e. The minimum absolute atomic E-state index is 0.0247. The van der Waals surface area contributed by atoms with E-state index in [9.17, 15) is 9.59 Å². The van der Waals surface area contributed by atoms with Gasteiger partial charge in [0.25, 0.3) is 0 Å². The summed E-state index contributed by atoms with van der Waals surface area (Å²) in [7, 11) is 1.67. The summed E-state index contributed by atoms with van der Waals surface area (Å²) >= 11 is 17.7. The molecule has 25 heavy (non-hydrogen) atoms. The Bertz CT molecular complexity index is 766. The highest BCUT2D eigenvalue weighted by atomic mass is 35.5. The summed E-state index contributed by atoms with van der Waals surface area (Å²) in [6, 6.07) is 11.6. The quantitative estimate of drug-likeness (QED) is 0.765. The van der Waals surface area contributed by atoms with E-state index in [4.69, 9.17) is 34.8 Å². The van der Waals surface area contributed by atoms with Gasteiger partial charge in [-0.05, 0) is 49.5 Å². The lowest BCUT2D eigenvalue weighted by Gasteiger charge is -2.16. The van der Waals surface area contributed by atoms with Gasteiger partial charge < -0.3 is 10.6 Å². The number of anilines is 2. The van der Waals surface area contributed by atoms with Crippen LogP contribution in [-0.4, -0.2) is 36.9 Å². The fourth-order valence-corrected chi connectivity index (χ4v) is 2.53. The fourth-order valence-electron chi connectivity index (χ4n) is 2.06. The Hall–Kier alpha value is -1.79. The van der Waals surface area contributed by atoms with Crippen molar-refractivity contribution in [1.29, 1.82) is 0 Å². The second kappa shape index (κ2) is 9.06. The van der Waals surface area contributed by atoms with E-state index < -0.39 is 0 Å². The molecule has 0 fully saturated rings. The molecule has 0 aliphatic heterocycles. The molecule has 2 aromatic rings. The number of benzene rings is 2.